The lowest BCUT2D eigenvalue weighted by Crippen LogP contribution is -1.98. The summed E-state index contributed by atoms with van der Waals surface area (Å²) in [5.74, 6) is 0. The predicted molar refractivity (Wildman–Crippen MR) is 57.5 cm³/mol. The van der Waals surface area contributed by atoms with Crippen LogP contribution in [0, 0.1) is 0 Å². The molecule has 3 nitrogen and oxygen atoms in total. The van der Waals surface area contributed by atoms with Crippen LogP contribution in [0.2, 0.25) is 0 Å². The van der Waals surface area contributed by atoms with Crippen molar-refractivity contribution in [2.45, 2.75) is 6.61 Å². The van der Waals surface area contributed by atoms with Crippen LogP contribution >= 0.6 is 0 Å². The molecular weight excluding hydrogens is 190 g/mol. The maximum absolute atomic E-state index is 10.1. The molecule has 0 radical (unpaired) electrons. The van der Waals surface area contributed by atoms with Gasteiger partial charge in [-0.3, -0.25) is 4.98 Å². The Bertz CT molecular complexity index is 468. The zero-order chi connectivity index (χ0) is 10.5. The quantitative estimate of drug-likeness (QED) is 0.560. The van der Waals surface area contributed by atoms with Crippen LogP contribution in [0.3, 0.4) is 0 Å². The van der Waals surface area contributed by atoms with Gasteiger partial charge in [-0.15, -0.1) is 0 Å². The molecule has 0 aliphatic rings. The van der Waals surface area contributed by atoms with Crippen LogP contribution in [0.1, 0.15) is 5.69 Å². The molecule has 0 atom stereocenters. The second-order valence-corrected chi connectivity index (χ2v) is 3.18. The summed E-state index contributed by atoms with van der Waals surface area (Å²) < 4.78 is 5.09. The largest absolute Gasteiger partial charge is 0.368 e. The number of pyridine rings is 1. The van der Waals surface area contributed by atoms with Crippen molar-refractivity contribution in [2.75, 3.05) is 6.61 Å². The Morgan fingerprint density at radius 1 is 1.20 bits per heavy atom. The highest BCUT2D eigenvalue weighted by molar-refractivity contribution is 5.78. The molecule has 0 amide bonds. The molecule has 0 aliphatic carbocycles. The molecule has 76 valence electrons. The summed E-state index contributed by atoms with van der Waals surface area (Å²) in [6.45, 7) is 0.498. The van der Waals surface area contributed by atoms with Crippen LogP contribution in [0.5, 0.6) is 0 Å². The molecule has 0 fully saturated rings. The number of aromatic nitrogens is 1. The SMILES string of the molecule is O=CCOCc1ccc2ccccc2n1. The number of hydrogen-bond donors (Lipinski definition) is 0. The minimum atomic E-state index is 0.120. The van der Waals surface area contributed by atoms with E-state index >= 15 is 0 Å². The Morgan fingerprint density at radius 3 is 2.93 bits per heavy atom. The number of carbonyl (C=O) groups excluding carboxylic acids is 1. The van der Waals surface area contributed by atoms with Gasteiger partial charge in [-0.1, -0.05) is 24.3 Å². The third-order valence-corrected chi connectivity index (χ3v) is 2.09. The number of para-hydroxylation sites is 1. The topological polar surface area (TPSA) is 39.2 Å². The summed E-state index contributed by atoms with van der Waals surface area (Å²) in [4.78, 5) is 14.5. The molecule has 1 aromatic carbocycles. The minimum Gasteiger partial charge on any atom is -0.368 e. The number of ether oxygens (including phenoxy) is 1. The van der Waals surface area contributed by atoms with Gasteiger partial charge in [-0.05, 0) is 12.1 Å². The van der Waals surface area contributed by atoms with E-state index in [1.807, 2.05) is 36.4 Å². The van der Waals surface area contributed by atoms with Crippen molar-refractivity contribution in [2.24, 2.45) is 0 Å². The van der Waals surface area contributed by atoms with Crippen molar-refractivity contribution in [1.29, 1.82) is 0 Å². The van der Waals surface area contributed by atoms with E-state index in [1.165, 1.54) is 0 Å². The molecule has 0 unspecified atom stereocenters. The number of benzene rings is 1. The highest BCUT2D eigenvalue weighted by Crippen LogP contribution is 2.11. The maximum atomic E-state index is 10.1. The van der Waals surface area contributed by atoms with Crippen molar-refractivity contribution in [3.8, 4) is 0 Å². The lowest BCUT2D eigenvalue weighted by molar-refractivity contribution is -0.112. The molecule has 1 heterocycles. The van der Waals surface area contributed by atoms with Crippen LogP contribution < -0.4 is 0 Å². The molecule has 0 bridgehead atoms. The van der Waals surface area contributed by atoms with E-state index in [0.29, 0.717) is 6.61 Å². The number of fused-ring (bicyclic) bond motifs is 1. The highest BCUT2D eigenvalue weighted by Gasteiger charge is 1.97. The van der Waals surface area contributed by atoms with Gasteiger partial charge in [0, 0.05) is 5.39 Å². The highest BCUT2D eigenvalue weighted by atomic mass is 16.5. The Balaban J connectivity index is 2.19. The molecular formula is C12H11NO2. The molecule has 0 N–H and O–H groups in total. The summed E-state index contributed by atoms with van der Waals surface area (Å²) in [5.41, 5.74) is 1.79. The lowest BCUT2D eigenvalue weighted by atomic mass is 10.2. The van der Waals surface area contributed by atoms with Crippen molar-refractivity contribution < 1.29 is 9.53 Å². The summed E-state index contributed by atoms with van der Waals surface area (Å²) in [6.07, 6.45) is 0.737. The van der Waals surface area contributed by atoms with E-state index in [4.69, 9.17) is 4.74 Å². The Morgan fingerprint density at radius 2 is 2.07 bits per heavy atom. The smallest absolute Gasteiger partial charge is 0.145 e. The summed E-state index contributed by atoms with van der Waals surface area (Å²) in [5, 5.41) is 1.11. The van der Waals surface area contributed by atoms with Gasteiger partial charge in [-0.2, -0.15) is 0 Å². The van der Waals surface area contributed by atoms with Gasteiger partial charge in [0.25, 0.3) is 0 Å². The first-order chi connectivity index (χ1) is 7.40. The molecule has 0 saturated carbocycles. The van der Waals surface area contributed by atoms with E-state index in [-0.39, 0.29) is 6.61 Å². The first-order valence-electron chi connectivity index (χ1n) is 4.76. The van der Waals surface area contributed by atoms with Gasteiger partial charge in [-0.25, -0.2) is 0 Å². The standard InChI is InChI=1S/C12H11NO2/c14-7-8-15-9-11-6-5-10-3-1-2-4-12(10)13-11/h1-7H,8-9H2. The fourth-order valence-corrected chi connectivity index (χ4v) is 1.40. The Hall–Kier alpha value is -1.74. The van der Waals surface area contributed by atoms with Gasteiger partial charge < -0.3 is 9.53 Å². The van der Waals surface area contributed by atoms with Crippen LogP contribution in [-0.2, 0) is 16.1 Å². The molecule has 0 saturated heterocycles. The predicted octanol–water partition coefficient (Wildman–Crippen LogP) is 1.95. The van der Waals surface area contributed by atoms with Crippen LogP contribution in [0.15, 0.2) is 36.4 Å². The van der Waals surface area contributed by atoms with Gasteiger partial charge in [0.15, 0.2) is 0 Å². The molecule has 0 aliphatic heterocycles. The molecule has 2 aromatic rings. The van der Waals surface area contributed by atoms with Crippen LogP contribution in [0.4, 0.5) is 0 Å². The number of aldehydes is 1. The zero-order valence-electron chi connectivity index (χ0n) is 8.22. The second kappa shape index (κ2) is 4.66. The maximum Gasteiger partial charge on any atom is 0.145 e. The van der Waals surface area contributed by atoms with Gasteiger partial charge >= 0.3 is 0 Å². The molecule has 0 spiro atoms. The Kier molecular flexibility index (Phi) is 3.05. The van der Waals surface area contributed by atoms with Crippen molar-refractivity contribution >= 4 is 17.2 Å². The van der Waals surface area contributed by atoms with E-state index < -0.39 is 0 Å². The summed E-state index contributed by atoms with van der Waals surface area (Å²) in [6, 6.07) is 11.8. The number of rotatable bonds is 4. The van der Waals surface area contributed by atoms with Gasteiger partial charge in [0.1, 0.15) is 12.9 Å². The molecule has 3 heteroatoms. The number of nitrogens with zero attached hydrogens (tertiary/aromatic N) is 1. The van der Waals surface area contributed by atoms with Gasteiger partial charge in [0.2, 0.25) is 0 Å². The fraction of sp³-hybridized carbons (Fsp3) is 0.167. The number of carbonyl (C=O) groups is 1. The van der Waals surface area contributed by atoms with E-state index in [1.54, 1.807) is 0 Å². The van der Waals surface area contributed by atoms with E-state index in [9.17, 15) is 4.79 Å². The molecule has 1 aromatic heterocycles. The summed E-state index contributed by atoms with van der Waals surface area (Å²) in [7, 11) is 0. The average Bonchev–Trinajstić information content (AvgIpc) is 2.29. The van der Waals surface area contributed by atoms with Crippen molar-refractivity contribution in [3.05, 3.63) is 42.1 Å². The first kappa shape index (κ1) is 9.80. The molecule has 15 heavy (non-hydrogen) atoms. The summed E-state index contributed by atoms with van der Waals surface area (Å²) >= 11 is 0. The third-order valence-electron chi connectivity index (χ3n) is 2.09. The second-order valence-electron chi connectivity index (χ2n) is 3.18. The average molecular weight is 201 g/mol. The zero-order valence-corrected chi connectivity index (χ0v) is 8.22. The normalized spacial score (nSPS) is 10.4. The van der Waals surface area contributed by atoms with Gasteiger partial charge in [0.05, 0.1) is 17.8 Å². The lowest BCUT2D eigenvalue weighted by Gasteiger charge is -2.02. The van der Waals surface area contributed by atoms with Crippen LogP contribution in [-0.4, -0.2) is 17.9 Å². The number of hydrogen-bond acceptors (Lipinski definition) is 3. The molecule has 2 rings (SSSR count). The fourth-order valence-electron chi connectivity index (χ4n) is 1.40. The monoisotopic (exact) mass is 201 g/mol. The van der Waals surface area contributed by atoms with Crippen molar-refractivity contribution in [1.82, 2.24) is 4.98 Å². The van der Waals surface area contributed by atoms with Crippen molar-refractivity contribution in [3.63, 3.8) is 0 Å². The first-order valence-corrected chi connectivity index (χ1v) is 4.76. The van der Waals surface area contributed by atoms with E-state index in [0.717, 1.165) is 22.9 Å². The third kappa shape index (κ3) is 2.39. The minimum absolute atomic E-state index is 0.120. The Labute approximate surface area is 87.7 Å². The van der Waals surface area contributed by atoms with E-state index in [2.05, 4.69) is 4.98 Å². The van der Waals surface area contributed by atoms with Crippen LogP contribution in [0.25, 0.3) is 10.9 Å².